The molecule has 2 amide bonds. The fraction of sp³-hybridized carbons (Fsp3) is 0.586. The van der Waals surface area contributed by atoms with E-state index in [4.69, 9.17) is 19.2 Å². The largest absolute Gasteiger partial charge is 0.460 e. The number of methoxy groups -OCH3 is 2. The normalized spacial score (nSPS) is 13.7. The van der Waals surface area contributed by atoms with Gasteiger partial charge in [-0.15, -0.1) is 0 Å². The molecule has 1 atom stereocenters. The molecule has 2 aromatic heterocycles. The molecule has 0 bridgehead atoms. The van der Waals surface area contributed by atoms with Crippen LogP contribution in [0.15, 0.2) is 30.5 Å². The molecule has 0 fully saturated rings. The molecule has 0 spiro atoms. The van der Waals surface area contributed by atoms with E-state index >= 15 is 0 Å². The minimum atomic E-state index is -3.04. The van der Waals surface area contributed by atoms with Crippen molar-refractivity contribution < 1.29 is 37.3 Å². The first-order chi connectivity index (χ1) is 20.0. The SMILES string of the molecule is COC(CN(C(=O)NCCCc1ccc2c(n1)NCCC2)[C@@H](CC(=O)OC(C)(C)C)c1ccc(OC(F)F)nc1)OC. The van der Waals surface area contributed by atoms with Gasteiger partial charge >= 0.3 is 18.6 Å². The molecule has 2 aromatic rings. The number of carbonyl (C=O) groups excluding carboxylic acids is 2. The number of ether oxygens (including phenoxy) is 4. The Morgan fingerprint density at radius 2 is 1.90 bits per heavy atom. The molecular weight excluding hydrogens is 552 g/mol. The number of hydrogen-bond donors (Lipinski definition) is 2. The Bertz CT molecular complexity index is 1160. The van der Waals surface area contributed by atoms with Crippen LogP contribution in [0.4, 0.5) is 19.4 Å². The van der Waals surface area contributed by atoms with Crippen LogP contribution in [-0.4, -0.2) is 79.2 Å². The van der Waals surface area contributed by atoms with Crippen molar-refractivity contribution in [3.8, 4) is 5.88 Å². The van der Waals surface area contributed by atoms with Gasteiger partial charge in [0.1, 0.15) is 11.4 Å². The van der Waals surface area contributed by atoms with Gasteiger partial charge in [0.25, 0.3) is 0 Å². The molecule has 0 aliphatic carbocycles. The number of nitrogens with zero attached hydrogens (tertiary/aromatic N) is 3. The number of fused-ring (bicyclic) bond motifs is 1. The second-order valence-corrected chi connectivity index (χ2v) is 10.8. The maximum atomic E-state index is 13.6. The predicted octanol–water partition coefficient (Wildman–Crippen LogP) is 4.47. The van der Waals surface area contributed by atoms with Crippen molar-refractivity contribution in [1.82, 2.24) is 20.2 Å². The summed E-state index contributed by atoms with van der Waals surface area (Å²) in [5.41, 5.74) is 1.78. The summed E-state index contributed by atoms with van der Waals surface area (Å²) in [5.74, 6) is 0.0674. The summed E-state index contributed by atoms with van der Waals surface area (Å²) < 4.78 is 45.9. The Hall–Kier alpha value is -3.58. The zero-order valence-corrected chi connectivity index (χ0v) is 24.8. The highest BCUT2D eigenvalue weighted by atomic mass is 19.3. The molecule has 0 aromatic carbocycles. The second-order valence-electron chi connectivity index (χ2n) is 10.8. The third-order valence-corrected chi connectivity index (χ3v) is 6.48. The number of pyridine rings is 2. The van der Waals surface area contributed by atoms with Crippen LogP contribution in [0.25, 0.3) is 0 Å². The lowest BCUT2D eigenvalue weighted by Gasteiger charge is -2.34. The van der Waals surface area contributed by atoms with Gasteiger partial charge in [-0.1, -0.05) is 12.1 Å². The van der Waals surface area contributed by atoms with E-state index in [2.05, 4.69) is 26.4 Å². The van der Waals surface area contributed by atoms with Gasteiger partial charge in [0.2, 0.25) is 5.88 Å². The monoisotopic (exact) mass is 593 g/mol. The number of hydrogen-bond acceptors (Lipinski definition) is 9. The van der Waals surface area contributed by atoms with Crippen LogP contribution in [0.5, 0.6) is 5.88 Å². The van der Waals surface area contributed by atoms with Gasteiger partial charge in [0, 0.05) is 45.3 Å². The molecule has 0 radical (unpaired) electrons. The average Bonchev–Trinajstić information content (AvgIpc) is 2.94. The minimum absolute atomic E-state index is 0.0420. The highest BCUT2D eigenvalue weighted by Gasteiger charge is 2.32. The Kier molecular flexibility index (Phi) is 12.2. The van der Waals surface area contributed by atoms with Crippen LogP contribution in [0.1, 0.15) is 62.9 Å². The average molecular weight is 594 g/mol. The van der Waals surface area contributed by atoms with E-state index in [0.29, 0.717) is 24.9 Å². The van der Waals surface area contributed by atoms with E-state index in [9.17, 15) is 18.4 Å². The van der Waals surface area contributed by atoms with Crippen molar-refractivity contribution in [2.24, 2.45) is 0 Å². The van der Waals surface area contributed by atoms with Crippen molar-refractivity contribution in [1.29, 1.82) is 0 Å². The van der Waals surface area contributed by atoms with E-state index in [0.717, 1.165) is 30.9 Å². The number of nitrogens with one attached hydrogen (secondary N) is 2. The van der Waals surface area contributed by atoms with E-state index in [1.54, 1.807) is 20.8 Å². The summed E-state index contributed by atoms with van der Waals surface area (Å²) in [5, 5.41) is 6.24. The zero-order chi connectivity index (χ0) is 30.7. The van der Waals surface area contributed by atoms with Crippen molar-refractivity contribution in [3.05, 3.63) is 47.3 Å². The number of rotatable bonds is 14. The van der Waals surface area contributed by atoms with Crippen LogP contribution in [-0.2, 0) is 31.8 Å². The summed E-state index contributed by atoms with van der Waals surface area (Å²) in [6, 6.07) is 5.47. The smallest absolute Gasteiger partial charge is 0.388 e. The van der Waals surface area contributed by atoms with Crippen LogP contribution in [0.2, 0.25) is 0 Å². The van der Waals surface area contributed by atoms with Gasteiger partial charge in [-0.3, -0.25) is 4.79 Å². The zero-order valence-electron chi connectivity index (χ0n) is 24.8. The van der Waals surface area contributed by atoms with E-state index in [1.807, 2.05) is 6.07 Å². The molecule has 3 rings (SSSR count). The quantitative estimate of drug-likeness (QED) is 0.185. The van der Waals surface area contributed by atoms with Gasteiger partial charge < -0.3 is 34.5 Å². The number of alkyl halides is 2. The molecule has 232 valence electrons. The summed E-state index contributed by atoms with van der Waals surface area (Å²) in [6.45, 7) is 3.37. The number of aryl methyl sites for hydroxylation is 2. The lowest BCUT2D eigenvalue weighted by Crippen LogP contribution is -2.47. The van der Waals surface area contributed by atoms with Crippen molar-refractivity contribution in [2.45, 2.75) is 77.4 Å². The topological polar surface area (TPSA) is 124 Å². The van der Waals surface area contributed by atoms with Crippen LogP contribution < -0.4 is 15.4 Å². The summed E-state index contributed by atoms with van der Waals surface area (Å²) in [6.07, 6.45) is 3.63. The highest BCUT2D eigenvalue weighted by Crippen LogP contribution is 2.28. The number of aromatic nitrogens is 2. The third kappa shape index (κ3) is 10.4. The highest BCUT2D eigenvalue weighted by molar-refractivity contribution is 5.77. The Morgan fingerprint density at radius 1 is 1.14 bits per heavy atom. The lowest BCUT2D eigenvalue weighted by atomic mass is 10.0. The fourth-order valence-corrected chi connectivity index (χ4v) is 4.53. The molecule has 1 aliphatic heterocycles. The van der Waals surface area contributed by atoms with Crippen molar-refractivity contribution in [2.75, 3.05) is 39.2 Å². The van der Waals surface area contributed by atoms with E-state index in [-0.39, 0.29) is 18.8 Å². The Balaban J connectivity index is 1.77. The summed E-state index contributed by atoms with van der Waals surface area (Å²) >= 11 is 0. The summed E-state index contributed by atoms with van der Waals surface area (Å²) in [7, 11) is 2.87. The van der Waals surface area contributed by atoms with E-state index in [1.165, 1.54) is 43.0 Å². The minimum Gasteiger partial charge on any atom is -0.460 e. The van der Waals surface area contributed by atoms with Gasteiger partial charge in [0.15, 0.2) is 6.29 Å². The van der Waals surface area contributed by atoms with Gasteiger partial charge in [0.05, 0.1) is 19.0 Å². The first kappa shape index (κ1) is 32.9. The number of urea groups is 1. The molecule has 0 saturated carbocycles. The van der Waals surface area contributed by atoms with Crippen LogP contribution in [0, 0.1) is 0 Å². The number of amides is 2. The fourth-order valence-electron chi connectivity index (χ4n) is 4.53. The van der Waals surface area contributed by atoms with Crippen molar-refractivity contribution >= 4 is 17.8 Å². The maximum absolute atomic E-state index is 13.6. The van der Waals surface area contributed by atoms with Crippen molar-refractivity contribution in [3.63, 3.8) is 0 Å². The molecule has 42 heavy (non-hydrogen) atoms. The van der Waals surface area contributed by atoms with Crippen LogP contribution >= 0.6 is 0 Å². The maximum Gasteiger partial charge on any atom is 0.388 e. The molecule has 3 heterocycles. The molecular formula is C29H41F2N5O6. The number of esters is 1. The van der Waals surface area contributed by atoms with Gasteiger partial charge in [-0.05, 0) is 63.6 Å². The third-order valence-electron chi connectivity index (χ3n) is 6.48. The Labute approximate surface area is 245 Å². The lowest BCUT2D eigenvalue weighted by molar-refractivity contribution is -0.157. The number of carbonyl (C=O) groups is 2. The summed E-state index contributed by atoms with van der Waals surface area (Å²) in [4.78, 5) is 36.5. The molecule has 13 heteroatoms. The number of halogens is 2. The molecule has 11 nitrogen and oxygen atoms in total. The van der Waals surface area contributed by atoms with Gasteiger partial charge in [-0.2, -0.15) is 8.78 Å². The number of anilines is 1. The molecule has 1 aliphatic rings. The molecule has 2 N–H and O–H groups in total. The Morgan fingerprint density at radius 3 is 2.55 bits per heavy atom. The predicted molar refractivity (Wildman–Crippen MR) is 151 cm³/mol. The first-order valence-corrected chi connectivity index (χ1v) is 13.9. The first-order valence-electron chi connectivity index (χ1n) is 13.9. The van der Waals surface area contributed by atoms with Gasteiger partial charge in [-0.25, -0.2) is 14.8 Å². The van der Waals surface area contributed by atoms with Crippen LogP contribution in [0.3, 0.4) is 0 Å². The second kappa shape index (κ2) is 15.6. The molecule has 0 saturated heterocycles. The molecule has 0 unspecified atom stereocenters. The van der Waals surface area contributed by atoms with E-state index < -0.39 is 36.5 Å². The standard InChI is InChI=1S/C29H41F2N5O6/c1-29(2,3)42-24(37)16-22(20-11-13-23(34-17-20)41-27(30)31)36(18-25(39-4)40-5)28(38)33-15-7-9-21-12-10-19-8-6-14-32-26(19)35-21/h10-13,17,22,25,27H,6-9,14-16,18H2,1-5H3,(H,32,35)(H,33,38)/t22-/m0/s1.